The summed E-state index contributed by atoms with van der Waals surface area (Å²) in [6.45, 7) is 8.45. The second-order valence-electron chi connectivity index (χ2n) is 5.60. The first-order chi connectivity index (χ1) is 9.81. The summed E-state index contributed by atoms with van der Waals surface area (Å²) in [7, 11) is 0. The molecule has 0 saturated carbocycles. The van der Waals surface area contributed by atoms with Crippen LogP contribution in [0, 0.1) is 0 Å². The maximum Gasteiger partial charge on any atom is 0.146 e. The minimum Gasteiger partial charge on any atom is -0.317 e. The molecule has 1 N–H and O–H groups in total. The number of hydrogen-bond donors (Lipinski definition) is 1. The van der Waals surface area contributed by atoms with Gasteiger partial charge in [-0.2, -0.15) is 0 Å². The number of nitrogens with zero attached hydrogens (tertiary/aromatic N) is 3. The number of hydrogen-bond acceptors (Lipinski definition) is 3. The van der Waals surface area contributed by atoms with E-state index in [0.717, 1.165) is 18.9 Å². The molecule has 1 rings (SSSR count). The topological polar surface area (TPSA) is 42.7 Å². The van der Waals surface area contributed by atoms with Crippen molar-refractivity contribution in [3.8, 4) is 0 Å². The standard InChI is InChI=1S/C16H32N4/c1-4-7-9-11-15(12-10-8-5-2)17-13-16-19-18-14-20(16)6-3/h14-15,17H,4-13H2,1-3H3. The lowest BCUT2D eigenvalue weighted by Gasteiger charge is -2.18. The van der Waals surface area contributed by atoms with Gasteiger partial charge in [-0.25, -0.2) is 0 Å². The Morgan fingerprint density at radius 1 is 1.05 bits per heavy atom. The van der Waals surface area contributed by atoms with Crippen LogP contribution in [0.2, 0.25) is 0 Å². The fourth-order valence-electron chi connectivity index (χ4n) is 2.55. The molecular weight excluding hydrogens is 248 g/mol. The third kappa shape index (κ3) is 6.51. The molecule has 0 spiro atoms. The van der Waals surface area contributed by atoms with Gasteiger partial charge in [0.25, 0.3) is 0 Å². The van der Waals surface area contributed by atoms with Gasteiger partial charge in [-0.1, -0.05) is 52.4 Å². The molecule has 4 nitrogen and oxygen atoms in total. The van der Waals surface area contributed by atoms with Crippen molar-refractivity contribution < 1.29 is 0 Å². The molecular formula is C16H32N4. The summed E-state index contributed by atoms with van der Waals surface area (Å²) in [4.78, 5) is 0. The summed E-state index contributed by atoms with van der Waals surface area (Å²) >= 11 is 0. The summed E-state index contributed by atoms with van der Waals surface area (Å²) in [5.41, 5.74) is 0. The van der Waals surface area contributed by atoms with Crippen molar-refractivity contribution in [2.24, 2.45) is 0 Å². The Morgan fingerprint density at radius 3 is 2.25 bits per heavy atom. The molecule has 0 unspecified atom stereocenters. The van der Waals surface area contributed by atoms with E-state index in [4.69, 9.17) is 0 Å². The summed E-state index contributed by atoms with van der Waals surface area (Å²) in [6.07, 6.45) is 12.4. The van der Waals surface area contributed by atoms with Crippen LogP contribution in [0.3, 0.4) is 0 Å². The summed E-state index contributed by atoms with van der Waals surface area (Å²) in [5, 5.41) is 11.9. The fraction of sp³-hybridized carbons (Fsp3) is 0.875. The number of aryl methyl sites for hydroxylation is 1. The van der Waals surface area contributed by atoms with Gasteiger partial charge >= 0.3 is 0 Å². The lowest BCUT2D eigenvalue weighted by atomic mass is 10.0. The highest BCUT2D eigenvalue weighted by Gasteiger charge is 2.10. The highest BCUT2D eigenvalue weighted by molar-refractivity contribution is 4.85. The molecule has 116 valence electrons. The van der Waals surface area contributed by atoms with E-state index in [-0.39, 0.29) is 0 Å². The van der Waals surface area contributed by atoms with Gasteiger partial charge < -0.3 is 9.88 Å². The van der Waals surface area contributed by atoms with Gasteiger partial charge in [0.05, 0.1) is 6.54 Å². The normalized spacial score (nSPS) is 11.4. The summed E-state index contributed by atoms with van der Waals surface area (Å²) < 4.78 is 2.11. The van der Waals surface area contributed by atoms with Gasteiger partial charge in [0.1, 0.15) is 12.2 Å². The van der Waals surface area contributed by atoms with E-state index in [1.165, 1.54) is 51.4 Å². The molecule has 0 aliphatic heterocycles. The Hall–Kier alpha value is -0.900. The van der Waals surface area contributed by atoms with Crippen LogP contribution in [0.4, 0.5) is 0 Å². The van der Waals surface area contributed by atoms with E-state index in [0.29, 0.717) is 6.04 Å². The maximum absolute atomic E-state index is 4.20. The molecule has 0 aliphatic rings. The van der Waals surface area contributed by atoms with Gasteiger partial charge in [-0.3, -0.25) is 0 Å². The van der Waals surface area contributed by atoms with Crippen LogP contribution < -0.4 is 5.32 Å². The SMILES string of the molecule is CCCCCC(CCCCC)NCc1nncn1CC. The largest absolute Gasteiger partial charge is 0.317 e. The first kappa shape index (κ1) is 17.2. The summed E-state index contributed by atoms with van der Waals surface area (Å²) in [5.74, 6) is 1.06. The first-order valence-corrected chi connectivity index (χ1v) is 8.41. The van der Waals surface area contributed by atoms with E-state index in [1.54, 1.807) is 0 Å². The quantitative estimate of drug-likeness (QED) is 0.590. The van der Waals surface area contributed by atoms with Crippen molar-refractivity contribution in [3.05, 3.63) is 12.2 Å². The molecule has 0 saturated heterocycles. The Bertz CT molecular complexity index is 325. The molecule has 1 heterocycles. The van der Waals surface area contributed by atoms with Crippen LogP contribution in [-0.2, 0) is 13.1 Å². The zero-order chi connectivity index (χ0) is 14.6. The van der Waals surface area contributed by atoms with Gasteiger partial charge in [0.2, 0.25) is 0 Å². The van der Waals surface area contributed by atoms with Crippen LogP contribution in [0.1, 0.15) is 78.0 Å². The van der Waals surface area contributed by atoms with Crippen molar-refractivity contribution in [3.63, 3.8) is 0 Å². The van der Waals surface area contributed by atoms with Crippen LogP contribution >= 0.6 is 0 Å². The minimum atomic E-state index is 0.634. The van der Waals surface area contributed by atoms with Crippen LogP contribution in [0.25, 0.3) is 0 Å². The third-order valence-electron chi connectivity index (χ3n) is 3.90. The second kappa shape index (κ2) is 10.8. The molecule has 0 aliphatic carbocycles. The number of rotatable bonds is 12. The van der Waals surface area contributed by atoms with Gasteiger partial charge in [0.15, 0.2) is 0 Å². The van der Waals surface area contributed by atoms with Crippen molar-refractivity contribution in [2.75, 3.05) is 0 Å². The molecule has 0 fully saturated rings. The van der Waals surface area contributed by atoms with Gasteiger partial charge in [-0.15, -0.1) is 10.2 Å². The first-order valence-electron chi connectivity index (χ1n) is 8.41. The highest BCUT2D eigenvalue weighted by Crippen LogP contribution is 2.11. The van der Waals surface area contributed by atoms with Crippen molar-refractivity contribution in [1.82, 2.24) is 20.1 Å². The Kier molecular flexibility index (Phi) is 9.29. The van der Waals surface area contributed by atoms with E-state index in [2.05, 4.69) is 40.9 Å². The molecule has 4 heteroatoms. The lowest BCUT2D eigenvalue weighted by molar-refractivity contribution is 0.409. The van der Waals surface area contributed by atoms with E-state index in [9.17, 15) is 0 Å². The predicted octanol–water partition coefficient (Wildman–Crippen LogP) is 3.92. The number of nitrogens with one attached hydrogen (secondary N) is 1. The zero-order valence-electron chi connectivity index (χ0n) is 13.6. The predicted molar refractivity (Wildman–Crippen MR) is 84.6 cm³/mol. The Balaban J connectivity index is 2.37. The fourth-order valence-corrected chi connectivity index (χ4v) is 2.55. The third-order valence-corrected chi connectivity index (χ3v) is 3.90. The monoisotopic (exact) mass is 280 g/mol. The van der Waals surface area contributed by atoms with E-state index < -0.39 is 0 Å². The smallest absolute Gasteiger partial charge is 0.146 e. The van der Waals surface area contributed by atoms with Crippen molar-refractivity contribution in [1.29, 1.82) is 0 Å². The van der Waals surface area contributed by atoms with E-state index in [1.807, 2.05) is 6.33 Å². The molecule has 0 bridgehead atoms. The maximum atomic E-state index is 4.20. The number of aromatic nitrogens is 3. The van der Waals surface area contributed by atoms with Crippen molar-refractivity contribution in [2.45, 2.75) is 91.3 Å². The highest BCUT2D eigenvalue weighted by atomic mass is 15.3. The second-order valence-corrected chi connectivity index (χ2v) is 5.60. The Labute approximate surface area is 124 Å². The zero-order valence-corrected chi connectivity index (χ0v) is 13.6. The molecule has 1 aromatic rings. The lowest BCUT2D eigenvalue weighted by Crippen LogP contribution is -2.29. The molecule has 0 radical (unpaired) electrons. The average molecular weight is 280 g/mol. The average Bonchev–Trinajstić information content (AvgIpc) is 2.92. The van der Waals surface area contributed by atoms with E-state index >= 15 is 0 Å². The number of unbranched alkanes of at least 4 members (excludes halogenated alkanes) is 4. The van der Waals surface area contributed by atoms with Crippen LogP contribution in [0.5, 0.6) is 0 Å². The molecule has 20 heavy (non-hydrogen) atoms. The Morgan fingerprint density at radius 2 is 1.70 bits per heavy atom. The molecule has 0 amide bonds. The van der Waals surface area contributed by atoms with Crippen LogP contribution in [-0.4, -0.2) is 20.8 Å². The summed E-state index contributed by atoms with van der Waals surface area (Å²) in [6, 6.07) is 0.634. The van der Waals surface area contributed by atoms with Gasteiger partial charge in [-0.05, 0) is 19.8 Å². The molecule has 0 aromatic carbocycles. The van der Waals surface area contributed by atoms with Crippen molar-refractivity contribution >= 4 is 0 Å². The molecule has 1 aromatic heterocycles. The molecule has 0 atom stereocenters. The van der Waals surface area contributed by atoms with Crippen LogP contribution in [0.15, 0.2) is 6.33 Å². The van der Waals surface area contributed by atoms with Gasteiger partial charge in [0, 0.05) is 12.6 Å². The minimum absolute atomic E-state index is 0.634.